The number of pyridine rings is 1. The molecule has 0 aliphatic carbocycles. The van der Waals surface area contributed by atoms with Crippen LogP contribution in [0.1, 0.15) is 12.8 Å². The van der Waals surface area contributed by atoms with Gasteiger partial charge in [0.15, 0.2) is 0 Å². The lowest BCUT2D eigenvalue weighted by atomic mass is 9.97. The molecule has 0 amide bonds. The third kappa shape index (κ3) is 4.34. The second-order valence-corrected chi connectivity index (χ2v) is 8.92. The first-order valence-corrected chi connectivity index (χ1v) is 10.6. The fourth-order valence-electron chi connectivity index (χ4n) is 3.00. The van der Waals surface area contributed by atoms with Gasteiger partial charge in [0.05, 0.1) is 13.3 Å². The van der Waals surface area contributed by atoms with E-state index >= 15 is 0 Å². The van der Waals surface area contributed by atoms with E-state index in [0.717, 1.165) is 31.7 Å². The van der Waals surface area contributed by atoms with Gasteiger partial charge < -0.3 is 19.4 Å². The number of aromatic nitrogens is 3. The normalized spacial score (nSPS) is 16.4. The summed E-state index contributed by atoms with van der Waals surface area (Å²) >= 11 is 4.58. The van der Waals surface area contributed by atoms with Crippen LogP contribution >= 0.6 is 6.64 Å². The molecule has 3 heterocycles. The van der Waals surface area contributed by atoms with Crippen molar-refractivity contribution in [1.82, 2.24) is 20.3 Å². The molecule has 0 unspecified atom stereocenters. The van der Waals surface area contributed by atoms with E-state index in [1.807, 2.05) is 6.07 Å². The number of ether oxygens (including phenoxy) is 1. The number of H-pyrrole nitrogens is 1. The summed E-state index contributed by atoms with van der Waals surface area (Å²) in [6.07, 6.45) is 3.33. The third-order valence-electron chi connectivity index (χ3n) is 4.32. The summed E-state index contributed by atoms with van der Waals surface area (Å²) in [5, 5.41) is 9.91. The molecule has 1 saturated heterocycles. The Balaban J connectivity index is 1.75. The minimum absolute atomic E-state index is 0.279. The topological polar surface area (TPSA) is 124 Å². The lowest BCUT2D eigenvalue weighted by molar-refractivity contribution is 0.382. The van der Waals surface area contributed by atoms with E-state index in [4.69, 9.17) is 4.74 Å². The van der Waals surface area contributed by atoms with Crippen molar-refractivity contribution in [2.24, 2.45) is 5.92 Å². The van der Waals surface area contributed by atoms with Gasteiger partial charge in [-0.1, -0.05) is 0 Å². The van der Waals surface area contributed by atoms with Crippen LogP contribution in [-0.2, 0) is 11.8 Å². The molecule has 1 aliphatic rings. The number of nitrogens with one attached hydrogen (secondary N) is 2. The molecule has 0 bridgehead atoms. The molecule has 2 aromatic heterocycles. The van der Waals surface area contributed by atoms with Gasteiger partial charge >= 0.3 is 0 Å². The summed E-state index contributed by atoms with van der Waals surface area (Å²) in [5.41, 5.74) is -0.332. The monoisotopic (exact) mass is 385 g/mol. The number of anilines is 1. The van der Waals surface area contributed by atoms with E-state index in [0.29, 0.717) is 23.2 Å². The van der Waals surface area contributed by atoms with Gasteiger partial charge in [0.2, 0.25) is 5.88 Å². The SMILES string of the molecule is COc1nc(N2CCC(CNP(O)(O)=S)CC2)cc2cn[nH]c(=O)c12. The first-order chi connectivity index (χ1) is 11.9. The van der Waals surface area contributed by atoms with Gasteiger partial charge in [-0.3, -0.25) is 4.79 Å². The molecule has 3 rings (SSSR count). The Hall–Kier alpha value is -1.58. The molecule has 25 heavy (non-hydrogen) atoms. The Labute approximate surface area is 149 Å². The first kappa shape index (κ1) is 18.2. The summed E-state index contributed by atoms with van der Waals surface area (Å²) in [7, 11) is 1.48. The molecule has 4 N–H and O–H groups in total. The van der Waals surface area contributed by atoms with Crippen LogP contribution < -0.4 is 20.3 Å². The van der Waals surface area contributed by atoms with E-state index < -0.39 is 6.64 Å². The molecule has 1 aliphatic heterocycles. The van der Waals surface area contributed by atoms with Crippen molar-refractivity contribution >= 4 is 35.0 Å². The summed E-state index contributed by atoms with van der Waals surface area (Å²) in [6, 6.07) is 1.83. The molecule has 136 valence electrons. The minimum Gasteiger partial charge on any atom is -0.480 e. The van der Waals surface area contributed by atoms with Gasteiger partial charge in [0, 0.05) is 25.0 Å². The Morgan fingerprint density at radius 2 is 2.20 bits per heavy atom. The zero-order chi connectivity index (χ0) is 18.0. The van der Waals surface area contributed by atoms with E-state index in [-0.39, 0.29) is 11.4 Å². The highest BCUT2D eigenvalue weighted by Gasteiger charge is 2.23. The first-order valence-electron chi connectivity index (χ1n) is 7.85. The Morgan fingerprint density at radius 1 is 1.48 bits per heavy atom. The predicted molar refractivity (Wildman–Crippen MR) is 98.4 cm³/mol. The number of aromatic amines is 1. The maximum absolute atomic E-state index is 11.9. The molecule has 0 saturated carbocycles. The number of hydrogen-bond donors (Lipinski definition) is 4. The van der Waals surface area contributed by atoms with Crippen LogP contribution in [0.15, 0.2) is 17.1 Å². The second kappa shape index (κ2) is 7.35. The summed E-state index contributed by atoms with van der Waals surface area (Å²) in [4.78, 5) is 37.0. The Kier molecular flexibility index (Phi) is 5.35. The van der Waals surface area contributed by atoms with Crippen molar-refractivity contribution in [3.05, 3.63) is 22.6 Å². The third-order valence-corrected chi connectivity index (χ3v) is 5.30. The van der Waals surface area contributed by atoms with Crippen LogP contribution in [0.3, 0.4) is 0 Å². The zero-order valence-electron chi connectivity index (χ0n) is 13.7. The fourth-order valence-corrected chi connectivity index (χ4v) is 3.72. The molecule has 9 nitrogen and oxygen atoms in total. The number of hydrogen-bond acceptors (Lipinski definition) is 6. The zero-order valence-corrected chi connectivity index (χ0v) is 15.4. The van der Waals surface area contributed by atoms with Gasteiger partial charge in [-0.2, -0.15) is 10.1 Å². The smallest absolute Gasteiger partial charge is 0.277 e. The highest BCUT2D eigenvalue weighted by atomic mass is 32.5. The number of fused-ring (bicyclic) bond motifs is 1. The number of methoxy groups -OCH3 is 1. The molecular weight excluding hydrogens is 365 g/mol. The van der Waals surface area contributed by atoms with E-state index in [1.54, 1.807) is 6.20 Å². The molecule has 11 heteroatoms. The van der Waals surface area contributed by atoms with Crippen LogP contribution in [0, 0.1) is 5.92 Å². The van der Waals surface area contributed by atoms with Gasteiger partial charge in [0.1, 0.15) is 11.2 Å². The molecule has 2 aromatic rings. The minimum atomic E-state index is -3.35. The van der Waals surface area contributed by atoms with Crippen molar-refractivity contribution in [2.75, 3.05) is 31.6 Å². The van der Waals surface area contributed by atoms with Crippen molar-refractivity contribution in [2.45, 2.75) is 12.8 Å². The fraction of sp³-hybridized carbons (Fsp3) is 0.500. The molecule has 0 aromatic carbocycles. The van der Waals surface area contributed by atoms with Crippen molar-refractivity contribution in [3.8, 4) is 5.88 Å². The van der Waals surface area contributed by atoms with Crippen LogP contribution in [-0.4, -0.2) is 51.7 Å². The molecule has 1 fully saturated rings. The molecule has 0 radical (unpaired) electrons. The number of piperidine rings is 1. The van der Waals surface area contributed by atoms with Crippen molar-refractivity contribution in [1.29, 1.82) is 0 Å². The van der Waals surface area contributed by atoms with Gasteiger partial charge in [-0.25, -0.2) is 10.2 Å². The Bertz CT molecular complexity index is 862. The quantitative estimate of drug-likeness (QED) is 0.540. The molecule has 0 spiro atoms. The van der Waals surface area contributed by atoms with Crippen LogP contribution in [0.4, 0.5) is 5.82 Å². The molecule has 0 atom stereocenters. The maximum atomic E-state index is 11.9. The Morgan fingerprint density at radius 3 is 2.84 bits per heavy atom. The van der Waals surface area contributed by atoms with E-state index in [1.165, 1.54) is 7.11 Å². The summed E-state index contributed by atoms with van der Waals surface area (Å²) in [5.74, 6) is 1.34. The van der Waals surface area contributed by atoms with E-state index in [2.05, 4.69) is 37.0 Å². The van der Waals surface area contributed by atoms with Crippen molar-refractivity contribution < 1.29 is 14.5 Å². The second-order valence-electron chi connectivity index (χ2n) is 5.99. The summed E-state index contributed by atoms with van der Waals surface area (Å²) < 4.78 is 5.28. The van der Waals surface area contributed by atoms with E-state index in [9.17, 15) is 14.6 Å². The lowest BCUT2D eigenvalue weighted by Crippen LogP contribution is -2.37. The standard InChI is InChI=1S/C14H20N5O4PS/c1-23-14-12-10(8-15-18-13(12)20)6-11(17-14)19-4-2-9(3-5-19)7-16-24(21,22)25/h6,8-9H,2-5,7H2,1H3,(H,18,20)(H3,16,21,22,25). The van der Waals surface area contributed by atoms with Gasteiger partial charge in [0.25, 0.3) is 12.2 Å². The lowest BCUT2D eigenvalue weighted by Gasteiger charge is -2.33. The highest BCUT2D eigenvalue weighted by molar-refractivity contribution is 8.08. The average Bonchev–Trinajstić information content (AvgIpc) is 2.59. The summed E-state index contributed by atoms with van der Waals surface area (Å²) in [6.45, 7) is -1.32. The maximum Gasteiger partial charge on any atom is 0.277 e. The van der Waals surface area contributed by atoms with Gasteiger partial charge in [-0.05, 0) is 36.6 Å². The van der Waals surface area contributed by atoms with Crippen LogP contribution in [0.2, 0.25) is 0 Å². The van der Waals surface area contributed by atoms with Crippen LogP contribution in [0.25, 0.3) is 10.8 Å². The average molecular weight is 385 g/mol. The number of rotatable bonds is 5. The van der Waals surface area contributed by atoms with Gasteiger partial charge in [-0.15, -0.1) is 0 Å². The number of nitrogens with zero attached hydrogens (tertiary/aromatic N) is 3. The van der Waals surface area contributed by atoms with Crippen LogP contribution in [0.5, 0.6) is 5.88 Å². The molecular formula is C14H20N5O4PS. The highest BCUT2D eigenvalue weighted by Crippen LogP contribution is 2.31. The predicted octanol–water partition coefficient (Wildman–Crippen LogP) is 0.342. The largest absolute Gasteiger partial charge is 0.480 e. The van der Waals surface area contributed by atoms with Crippen molar-refractivity contribution in [3.63, 3.8) is 0 Å².